The van der Waals surface area contributed by atoms with Gasteiger partial charge in [-0.25, -0.2) is 0 Å². The number of rotatable bonds is 8. The van der Waals surface area contributed by atoms with Crippen LogP contribution in [0.25, 0.3) is 0 Å². The maximum atomic E-state index is 12.0. The molecule has 24 heavy (non-hydrogen) atoms. The van der Waals surface area contributed by atoms with E-state index in [0.717, 1.165) is 23.4 Å². The molecule has 0 aliphatic carbocycles. The van der Waals surface area contributed by atoms with Crippen molar-refractivity contribution in [3.05, 3.63) is 59.1 Å². The third kappa shape index (κ3) is 6.13. The molecule has 0 spiro atoms. The van der Waals surface area contributed by atoms with Crippen LogP contribution in [0.15, 0.2) is 48.5 Å². The zero-order valence-corrected chi connectivity index (χ0v) is 14.8. The van der Waals surface area contributed by atoms with E-state index in [-0.39, 0.29) is 18.6 Å². The second-order valence-electron chi connectivity index (χ2n) is 5.74. The molecular weight excluding hydrogens is 324 g/mol. The van der Waals surface area contributed by atoms with Crippen LogP contribution in [-0.4, -0.2) is 25.1 Å². The molecule has 0 fully saturated rings. The second kappa shape index (κ2) is 9.18. The highest BCUT2D eigenvalue weighted by Crippen LogP contribution is 2.24. The van der Waals surface area contributed by atoms with Gasteiger partial charge in [-0.05, 0) is 50.1 Å². The molecule has 0 saturated carbocycles. The van der Waals surface area contributed by atoms with Crippen molar-refractivity contribution in [1.82, 2.24) is 5.32 Å². The SMILES string of the molecule is CC(C)Oc1ccccc1NCC(=O)NCCc1ccc(Cl)cc1. The molecule has 0 aliphatic rings. The molecular formula is C19H23ClN2O2. The maximum Gasteiger partial charge on any atom is 0.239 e. The minimum atomic E-state index is -0.0525. The first-order valence-electron chi connectivity index (χ1n) is 8.05. The number of amides is 1. The largest absolute Gasteiger partial charge is 0.489 e. The molecule has 0 saturated heterocycles. The molecule has 0 aliphatic heterocycles. The number of hydrogen-bond acceptors (Lipinski definition) is 3. The van der Waals surface area contributed by atoms with Gasteiger partial charge in [0.2, 0.25) is 5.91 Å². The van der Waals surface area contributed by atoms with Crippen LogP contribution in [0, 0.1) is 0 Å². The van der Waals surface area contributed by atoms with E-state index in [4.69, 9.17) is 16.3 Å². The Hall–Kier alpha value is -2.20. The van der Waals surface area contributed by atoms with Crippen LogP contribution in [0.2, 0.25) is 5.02 Å². The smallest absolute Gasteiger partial charge is 0.239 e. The fraction of sp³-hybridized carbons (Fsp3) is 0.316. The summed E-state index contributed by atoms with van der Waals surface area (Å²) in [4.78, 5) is 12.0. The first-order chi connectivity index (χ1) is 11.5. The number of ether oxygens (including phenoxy) is 1. The van der Waals surface area contributed by atoms with Crippen molar-refractivity contribution in [3.63, 3.8) is 0 Å². The predicted octanol–water partition coefficient (Wildman–Crippen LogP) is 3.90. The summed E-state index contributed by atoms with van der Waals surface area (Å²) >= 11 is 5.85. The highest BCUT2D eigenvalue weighted by molar-refractivity contribution is 6.30. The lowest BCUT2D eigenvalue weighted by Crippen LogP contribution is -2.31. The van der Waals surface area contributed by atoms with E-state index < -0.39 is 0 Å². The molecule has 0 aromatic heterocycles. The average Bonchev–Trinajstić information content (AvgIpc) is 2.55. The summed E-state index contributed by atoms with van der Waals surface area (Å²) in [6.45, 7) is 4.74. The summed E-state index contributed by atoms with van der Waals surface area (Å²) in [6.07, 6.45) is 0.858. The Kier molecular flexibility index (Phi) is 6.94. The van der Waals surface area contributed by atoms with E-state index in [2.05, 4.69) is 10.6 Å². The lowest BCUT2D eigenvalue weighted by atomic mass is 10.1. The first-order valence-corrected chi connectivity index (χ1v) is 8.43. The van der Waals surface area contributed by atoms with Gasteiger partial charge < -0.3 is 15.4 Å². The monoisotopic (exact) mass is 346 g/mol. The summed E-state index contributed by atoms with van der Waals surface area (Å²) in [5.74, 6) is 0.699. The van der Waals surface area contributed by atoms with Crippen LogP contribution in [0.3, 0.4) is 0 Å². The van der Waals surface area contributed by atoms with Crippen molar-refractivity contribution in [2.75, 3.05) is 18.4 Å². The Morgan fingerprint density at radius 1 is 1.12 bits per heavy atom. The lowest BCUT2D eigenvalue weighted by molar-refractivity contribution is -0.119. The third-order valence-corrected chi connectivity index (χ3v) is 3.59. The third-order valence-electron chi connectivity index (χ3n) is 3.34. The number of nitrogens with one attached hydrogen (secondary N) is 2. The van der Waals surface area contributed by atoms with Crippen molar-refractivity contribution in [3.8, 4) is 5.75 Å². The van der Waals surface area contributed by atoms with E-state index in [1.807, 2.05) is 62.4 Å². The van der Waals surface area contributed by atoms with Crippen molar-refractivity contribution in [2.45, 2.75) is 26.4 Å². The zero-order chi connectivity index (χ0) is 17.4. The van der Waals surface area contributed by atoms with Gasteiger partial charge in [0.15, 0.2) is 0 Å². The van der Waals surface area contributed by atoms with E-state index >= 15 is 0 Å². The summed E-state index contributed by atoms with van der Waals surface area (Å²) in [5.41, 5.74) is 1.96. The molecule has 2 rings (SSSR count). The lowest BCUT2D eigenvalue weighted by Gasteiger charge is -2.15. The van der Waals surface area contributed by atoms with Crippen LogP contribution < -0.4 is 15.4 Å². The molecule has 0 radical (unpaired) electrons. The number of para-hydroxylation sites is 2. The van der Waals surface area contributed by atoms with Crippen LogP contribution in [0.4, 0.5) is 5.69 Å². The standard InChI is InChI=1S/C19H23ClN2O2/c1-14(2)24-18-6-4-3-5-17(18)22-13-19(23)21-12-11-15-7-9-16(20)10-8-15/h3-10,14,22H,11-13H2,1-2H3,(H,21,23). The summed E-state index contributed by atoms with van der Waals surface area (Å²) in [7, 11) is 0. The fourth-order valence-electron chi connectivity index (χ4n) is 2.20. The first kappa shape index (κ1) is 18.1. The topological polar surface area (TPSA) is 50.4 Å². The zero-order valence-electron chi connectivity index (χ0n) is 14.0. The van der Waals surface area contributed by atoms with Crippen LogP contribution in [-0.2, 0) is 11.2 Å². The van der Waals surface area contributed by atoms with Crippen molar-refractivity contribution >= 4 is 23.2 Å². The summed E-state index contributed by atoms with van der Waals surface area (Å²) < 4.78 is 5.72. The Labute approximate surface area is 148 Å². The van der Waals surface area contributed by atoms with Gasteiger partial charge in [0.1, 0.15) is 5.75 Å². The highest BCUT2D eigenvalue weighted by Gasteiger charge is 2.06. The molecule has 4 nitrogen and oxygen atoms in total. The Morgan fingerprint density at radius 3 is 2.54 bits per heavy atom. The molecule has 128 valence electrons. The van der Waals surface area contributed by atoms with Crippen LogP contribution in [0.1, 0.15) is 19.4 Å². The second-order valence-corrected chi connectivity index (χ2v) is 6.18. The molecule has 5 heteroatoms. The maximum absolute atomic E-state index is 12.0. The van der Waals surface area contributed by atoms with Gasteiger partial charge >= 0.3 is 0 Å². The molecule has 2 N–H and O–H groups in total. The average molecular weight is 347 g/mol. The van der Waals surface area contributed by atoms with Gasteiger partial charge in [0, 0.05) is 11.6 Å². The van der Waals surface area contributed by atoms with E-state index in [1.54, 1.807) is 0 Å². The minimum absolute atomic E-state index is 0.0525. The van der Waals surface area contributed by atoms with Gasteiger partial charge in [0.05, 0.1) is 18.3 Å². The number of hydrogen-bond donors (Lipinski definition) is 2. The molecule has 0 atom stereocenters. The molecule has 2 aromatic carbocycles. The Balaban J connectivity index is 1.76. The Bertz CT molecular complexity index is 657. The van der Waals surface area contributed by atoms with Gasteiger partial charge in [0.25, 0.3) is 0 Å². The quantitative estimate of drug-likeness (QED) is 0.762. The number of anilines is 1. The molecule has 0 unspecified atom stereocenters. The number of halogens is 1. The van der Waals surface area contributed by atoms with Gasteiger partial charge in [-0.3, -0.25) is 4.79 Å². The van der Waals surface area contributed by atoms with Crippen molar-refractivity contribution < 1.29 is 9.53 Å². The van der Waals surface area contributed by atoms with Crippen LogP contribution in [0.5, 0.6) is 5.75 Å². The van der Waals surface area contributed by atoms with Crippen molar-refractivity contribution in [1.29, 1.82) is 0 Å². The van der Waals surface area contributed by atoms with E-state index in [9.17, 15) is 4.79 Å². The fourth-order valence-corrected chi connectivity index (χ4v) is 2.33. The van der Waals surface area contributed by atoms with Gasteiger partial charge in [-0.1, -0.05) is 35.9 Å². The molecule has 0 heterocycles. The van der Waals surface area contributed by atoms with E-state index in [0.29, 0.717) is 11.6 Å². The molecule has 2 aromatic rings. The summed E-state index contributed by atoms with van der Waals surface area (Å²) in [6, 6.07) is 15.2. The Morgan fingerprint density at radius 2 is 1.83 bits per heavy atom. The summed E-state index contributed by atoms with van der Waals surface area (Å²) in [5, 5.41) is 6.74. The highest BCUT2D eigenvalue weighted by atomic mass is 35.5. The number of carbonyl (C=O) groups is 1. The van der Waals surface area contributed by atoms with Gasteiger partial charge in [-0.15, -0.1) is 0 Å². The van der Waals surface area contributed by atoms with Crippen molar-refractivity contribution in [2.24, 2.45) is 0 Å². The minimum Gasteiger partial charge on any atom is -0.489 e. The number of carbonyl (C=O) groups excluding carboxylic acids is 1. The van der Waals surface area contributed by atoms with E-state index in [1.165, 1.54) is 0 Å². The predicted molar refractivity (Wildman–Crippen MR) is 98.9 cm³/mol. The van der Waals surface area contributed by atoms with Crippen LogP contribution >= 0.6 is 11.6 Å². The number of benzene rings is 2. The normalized spacial score (nSPS) is 10.5. The van der Waals surface area contributed by atoms with Gasteiger partial charge in [-0.2, -0.15) is 0 Å². The molecule has 0 bridgehead atoms. The molecule has 1 amide bonds.